The molecule has 0 saturated carbocycles. The third-order valence-corrected chi connectivity index (χ3v) is 2.85. The van der Waals surface area contributed by atoms with E-state index in [1.54, 1.807) is 7.11 Å². The molecule has 0 aliphatic rings. The van der Waals surface area contributed by atoms with Crippen LogP contribution in [-0.4, -0.2) is 19.7 Å². The van der Waals surface area contributed by atoms with Crippen LogP contribution in [0.3, 0.4) is 0 Å². The second-order valence-corrected chi connectivity index (χ2v) is 4.11. The summed E-state index contributed by atoms with van der Waals surface area (Å²) in [6.07, 6.45) is 5.34. The molecule has 0 bridgehead atoms. The predicted molar refractivity (Wildman–Crippen MR) is 71.2 cm³/mol. The SMILES string of the molecule is C#CC(C)NC(CN)c1c(Cl)cccc1OC. The highest BCUT2D eigenvalue weighted by Crippen LogP contribution is 2.31. The summed E-state index contributed by atoms with van der Waals surface area (Å²) in [4.78, 5) is 0. The maximum Gasteiger partial charge on any atom is 0.125 e. The van der Waals surface area contributed by atoms with Gasteiger partial charge in [0.25, 0.3) is 0 Å². The standard InChI is InChI=1S/C13H17ClN2O/c1-4-9(2)16-11(8-15)13-10(14)6-5-7-12(13)17-3/h1,5-7,9,11,16H,8,15H2,2-3H3. The van der Waals surface area contributed by atoms with Gasteiger partial charge in [-0.15, -0.1) is 6.42 Å². The Morgan fingerprint density at radius 2 is 2.29 bits per heavy atom. The third-order valence-electron chi connectivity index (χ3n) is 2.52. The molecule has 0 aliphatic carbocycles. The number of nitrogens with one attached hydrogen (secondary N) is 1. The van der Waals surface area contributed by atoms with Gasteiger partial charge in [-0.25, -0.2) is 0 Å². The van der Waals surface area contributed by atoms with Gasteiger partial charge < -0.3 is 10.5 Å². The number of hydrogen-bond acceptors (Lipinski definition) is 3. The van der Waals surface area contributed by atoms with Crippen molar-refractivity contribution >= 4 is 11.6 Å². The monoisotopic (exact) mass is 252 g/mol. The zero-order valence-corrected chi connectivity index (χ0v) is 10.8. The average molecular weight is 253 g/mol. The number of ether oxygens (including phenoxy) is 1. The van der Waals surface area contributed by atoms with Crippen LogP contribution >= 0.6 is 11.6 Å². The summed E-state index contributed by atoms with van der Waals surface area (Å²) in [5.41, 5.74) is 6.60. The molecule has 1 aromatic rings. The van der Waals surface area contributed by atoms with Crippen molar-refractivity contribution < 1.29 is 4.74 Å². The fourth-order valence-electron chi connectivity index (χ4n) is 1.65. The van der Waals surface area contributed by atoms with E-state index in [0.717, 1.165) is 5.56 Å². The molecule has 0 spiro atoms. The second-order valence-electron chi connectivity index (χ2n) is 3.70. The molecule has 0 radical (unpaired) electrons. The van der Waals surface area contributed by atoms with Crippen molar-refractivity contribution in [2.45, 2.75) is 19.0 Å². The Kier molecular flexibility index (Phi) is 5.30. The van der Waals surface area contributed by atoms with E-state index < -0.39 is 0 Å². The molecule has 2 atom stereocenters. The largest absolute Gasteiger partial charge is 0.496 e. The molecule has 1 rings (SSSR count). The van der Waals surface area contributed by atoms with Crippen LogP contribution in [0.1, 0.15) is 18.5 Å². The van der Waals surface area contributed by atoms with Gasteiger partial charge in [-0.05, 0) is 19.1 Å². The first kappa shape index (κ1) is 13.9. The zero-order valence-electron chi connectivity index (χ0n) is 10.0. The summed E-state index contributed by atoms with van der Waals surface area (Å²) in [6, 6.07) is 5.30. The average Bonchev–Trinajstić information content (AvgIpc) is 2.35. The Bertz CT molecular complexity index is 414. The Balaban J connectivity index is 3.07. The minimum atomic E-state index is -0.121. The highest BCUT2D eigenvalue weighted by molar-refractivity contribution is 6.31. The summed E-state index contributed by atoms with van der Waals surface area (Å²) in [7, 11) is 1.60. The van der Waals surface area contributed by atoms with Crippen molar-refractivity contribution in [3.05, 3.63) is 28.8 Å². The van der Waals surface area contributed by atoms with Gasteiger partial charge in [-0.3, -0.25) is 5.32 Å². The maximum atomic E-state index is 6.18. The summed E-state index contributed by atoms with van der Waals surface area (Å²) in [5.74, 6) is 3.32. The lowest BCUT2D eigenvalue weighted by Crippen LogP contribution is -2.34. The van der Waals surface area contributed by atoms with Gasteiger partial charge in [0.1, 0.15) is 5.75 Å². The lowest BCUT2D eigenvalue weighted by molar-refractivity contribution is 0.397. The fourth-order valence-corrected chi connectivity index (χ4v) is 1.95. The van der Waals surface area contributed by atoms with Crippen LogP contribution in [0.25, 0.3) is 0 Å². The molecule has 0 fully saturated rings. The Morgan fingerprint density at radius 3 is 2.82 bits per heavy atom. The van der Waals surface area contributed by atoms with Crippen LogP contribution in [0.4, 0.5) is 0 Å². The molecule has 17 heavy (non-hydrogen) atoms. The number of terminal acetylenes is 1. The van der Waals surface area contributed by atoms with E-state index in [9.17, 15) is 0 Å². The molecule has 1 aromatic carbocycles. The fraction of sp³-hybridized carbons (Fsp3) is 0.385. The van der Waals surface area contributed by atoms with Crippen molar-refractivity contribution in [1.29, 1.82) is 0 Å². The summed E-state index contributed by atoms with van der Waals surface area (Å²) < 4.78 is 5.29. The molecule has 0 aromatic heterocycles. The van der Waals surface area contributed by atoms with Crippen molar-refractivity contribution in [3.8, 4) is 18.1 Å². The Labute approximate surface area is 107 Å². The van der Waals surface area contributed by atoms with Crippen molar-refractivity contribution in [1.82, 2.24) is 5.32 Å². The van der Waals surface area contributed by atoms with Gasteiger partial charge in [-0.1, -0.05) is 23.6 Å². The van der Waals surface area contributed by atoms with Gasteiger partial charge in [0.05, 0.1) is 19.2 Å². The van der Waals surface area contributed by atoms with Crippen LogP contribution in [0.2, 0.25) is 5.02 Å². The van der Waals surface area contributed by atoms with Crippen molar-refractivity contribution in [2.75, 3.05) is 13.7 Å². The summed E-state index contributed by atoms with van der Waals surface area (Å²) in [6.45, 7) is 2.29. The molecule has 2 unspecified atom stereocenters. The molecule has 3 N–H and O–H groups in total. The van der Waals surface area contributed by atoms with Crippen molar-refractivity contribution in [2.24, 2.45) is 5.73 Å². The molecule has 0 aliphatic heterocycles. The smallest absolute Gasteiger partial charge is 0.125 e. The van der Waals surface area contributed by atoms with Crippen LogP contribution in [0, 0.1) is 12.3 Å². The Morgan fingerprint density at radius 1 is 1.59 bits per heavy atom. The minimum absolute atomic E-state index is 0.0791. The number of benzene rings is 1. The zero-order chi connectivity index (χ0) is 12.8. The molecule has 3 nitrogen and oxygen atoms in total. The van der Waals surface area contributed by atoms with Gasteiger partial charge in [0.15, 0.2) is 0 Å². The van der Waals surface area contributed by atoms with Crippen LogP contribution in [0.15, 0.2) is 18.2 Å². The maximum absolute atomic E-state index is 6.18. The molecule has 0 saturated heterocycles. The molecule has 4 heteroatoms. The first-order valence-corrected chi connectivity index (χ1v) is 5.76. The minimum Gasteiger partial charge on any atom is -0.496 e. The van der Waals surface area contributed by atoms with E-state index in [-0.39, 0.29) is 12.1 Å². The van der Waals surface area contributed by atoms with E-state index in [2.05, 4.69) is 11.2 Å². The predicted octanol–water partition coefficient (Wildman–Crippen LogP) is 1.96. The normalized spacial score (nSPS) is 13.8. The van der Waals surface area contributed by atoms with Crippen molar-refractivity contribution in [3.63, 3.8) is 0 Å². The highest BCUT2D eigenvalue weighted by Gasteiger charge is 2.19. The van der Waals surface area contributed by atoms with Crippen LogP contribution in [0.5, 0.6) is 5.75 Å². The number of halogens is 1. The summed E-state index contributed by atoms with van der Waals surface area (Å²) >= 11 is 6.18. The van der Waals surface area contributed by atoms with Gasteiger partial charge in [0, 0.05) is 17.1 Å². The molecular formula is C13H17ClN2O. The van der Waals surface area contributed by atoms with E-state index in [4.69, 9.17) is 28.5 Å². The van der Waals surface area contributed by atoms with Gasteiger partial charge in [0.2, 0.25) is 0 Å². The van der Waals surface area contributed by atoms with Crippen LogP contribution < -0.4 is 15.8 Å². The second kappa shape index (κ2) is 6.51. The lowest BCUT2D eigenvalue weighted by atomic mass is 10.0. The molecule has 92 valence electrons. The van der Waals surface area contributed by atoms with E-state index in [1.807, 2.05) is 25.1 Å². The third kappa shape index (κ3) is 3.37. The Hall–Kier alpha value is -1.21. The topological polar surface area (TPSA) is 47.3 Å². The van der Waals surface area contributed by atoms with E-state index >= 15 is 0 Å². The van der Waals surface area contributed by atoms with E-state index in [0.29, 0.717) is 17.3 Å². The number of rotatable bonds is 5. The van der Waals surface area contributed by atoms with E-state index in [1.165, 1.54) is 0 Å². The summed E-state index contributed by atoms with van der Waals surface area (Å²) in [5, 5.41) is 3.84. The lowest BCUT2D eigenvalue weighted by Gasteiger charge is -2.22. The van der Waals surface area contributed by atoms with Crippen LogP contribution in [-0.2, 0) is 0 Å². The number of methoxy groups -OCH3 is 1. The number of nitrogens with two attached hydrogens (primary N) is 1. The van der Waals surface area contributed by atoms with Gasteiger partial charge >= 0.3 is 0 Å². The first-order valence-electron chi connectivity index (χ1n) is 5.38. The quantitative estimate of drug-likeness (QED) is 0.788. The molecular weight excluding hydrogens is 236 g/mol. The van der Waals surface area contributed by atoms with Gasteiger partial charge in [-0.2, -0.15) is 0 Å². The number of hydrogen-bond donors (Lipinski definition) is 2. The molecule has 0 amide bonds. The first-order chi connectivity index (χ1) is 8.13. The highest BCUT2D eigenvalue weighted by atomic mass is 35.5. The molecule has 0 heterocycles.